The predicted octanol–water partition coefficient (Wildman–Crippen LogP) is 1.20. The Kier molecular flexibility index (Phi) is 6.24. The quantitative estimate of drug-likeness (QED) is 0.712. The van der Waals surface area contributed by atoms with Gasteiger partial charge in [0.1, 0.15) is 5.92 Å². The molecule has 2 unspecified atom stereocenters. The normalized spacial score (nSPS) is 21.2. The second-order valence-corrected chi connectivity index (χ2v) is 4.60. The van der Waals surface area contributed by atoms with Gasteiger partial charge in [0.05, 0.1) is 19.3 Å². The molecule has 2 amide bonds. The minimum absolute atomic E-state index is 0.146. The summed E-state index contributed by atoms with van der Waals surface area (Å²) in [5.74, 6) is -1.61. The van der Waals surface area contributed by atoms with Crippen LogP contribution in [0.1, 0.15) is 6.92 Å². The summed E-state index contributed by atoms with van der Waals surface area (Å²) in [6, 6.07) is -0.642. The van der Waals surface area contributed by atoms with Gasteiger partial charge in [-0.1, -0.05) is 12.2 Å². The van der Waals surface area contributed by atoms with Crippen LogP contribution < -0.4 is 0 Å². The van der Waals surface area contributed by atoms with E-state index in [1.54, 1.807) is 22.0 Å². The zero-order valence-corrected chi connectivity index (χ0v) is 11.8. The van der Waals surface area contributed by atoms with Crippen molar-refractivity contribution in [2.75, 3.05) is 32.8 Å². The zero-order valence-electron chi connectivity index (χ0n) is 11.8. The molecule has 0 spiro atoms. The first-order chi connectivity index (χ1) is 9.56. The van der Waals surface area contributed by atoms with Crippen molar-refractivity contribution in [3.63, 3.8) is 0 Å². The highest BCUT2D eigenvalue weighted by molar-refractivity contribution is 5.77. The molecule has 1 N–H and O–H groups in total. The van der Waals surface area contributed by atoms with Crippen LogP contribution in [0.3, 0.4) is 0 Å². The summed E-state index contributed by atoms with van der Waals surface area (Å²) in [5.41, 5.74) is 0. The lowest BCUT2D eigenvalue weighted by molar-refractivity contribution is -0.142. The molecule has 0 radical (unpaired) electrons. The highest BCUT2D eigenvalue weighted by Crippen LogP contribution is 2.21. The first kappa shape index (κ1) is 16.2. The maximum atomic E-state index is 12.5. The Balaban J connectivity index is 2.87. The van der Waals surface area contributed by atoms with Crippen LogP contribution in [0.25, 0.3) is 0 Å². The molecule has 2 atom stereocenters. The molecular weight excluding hydrogens is 260 g/mol. The van der Waals surface area contributed by atoms with Gasteiger partial charge in [0.15, 0.2) is 0 Å². The van der Waals surface area contributed by atoms with Gasteiger partial charge in [-0.2, -0.15) is 0 Å². The number of rotatable bonds is 7. The summed E-state index contributed by atoms with van der Waals surface area (Å²) in [7, 11) is 0. The Labute approximate surface area is 119 Å². The van der Waals surface area contributed by atoms with Gasteiger partial charge in [0, 0.05) is 19.6 Å². The van der Waals surface area contributed by atoms with Gasteiger partial charge in [-0.3, -0.25) is 4.79 Å². The Morgan fingerprint density at radius 1 is 1.30 bits per heavy atom. The lowest BCUT2D eigenvalue weighted by atomic mass is 10.0. The van der Waals surface area contributed by atoms with Gasteiger partial charge >= 0.3 is 12.0 Å². The van der Waals surface area contributed by atoms with Crippen LogP contribution in [-0.2, 0) is 9.53 Å². The first-order valence-corrected chi connectivity index (χ1v) is 6.64. The van der Waals surface area contributed by atoms with Gasteiger partial charge in [-0.15, -0.1) is 13.2 Å². The molecule has 1 saturated heterocycles. The van der Waals surface area contributed by atoms with E-state index in [1.165, 1.54) is 0 Å². The lowest BCUT2D eigenvalue weighted by Gasteiger charge is -2.33. The van der Waals surface area contributed by atoms with Crippen LogP contribution in [-0.4, -0.2) is 65.8 Å². The molecule has 1 rings (SSSR count). The van der Waals surface area contributed by atoms with Crippen molar-refractivity contribution in [3.8, 4) is 0 Å². The van der Waals surface area contributed by atoms with E-state index in [1.807, 2.05) is 6.92 Å². The number of likely N-dealkylation sites (N-methyl/N-ethyl adjacent to an activating group) is 1. The van der Waals surface area contributed by atoms with Crippen molar-refractivity contribution in [2.45, 2.75) is 13.0 Å². The number of hydrogen-bond acceptors (Lipinski definition) is 3. The Hall–Kier alpha value is -1.82. The van der Waals surface area contributed by atoms with E-state index in [-0.39, 0.29) is 19.2 Å². The monoisotopic (exact) mass is 282 g/mol. The van der Waals surface area contributed by atoms with Crippen LogP contribution in [0.2, 0.25) is 0 Å². The van der Waals surface area contributed by atoms with Crippen LogP contribution in [0, 0.1) is 5.92 Å². The van der Waals surface area contributed by atoms with Gasteiger partial charge < -0.3 is 19.6 Å². The maximum Gasteiger partial charge on any atom is 0.320 e. The average molecular weight is 282 g/mol. The van der Waals surface area contributed by atoms with Crippen molar-refractivity contribution in [3.05, 3.63) is 25.3 Å². The van der Waals surface area contributed by atoms with Crippen LogP contribution in [0.5, 0.6) is 0 Å². The van der Waals surface area contributed by atoms with Gasteiger partial charge in [-0.05, 0) is 6.92 Å². The summed E-state index contributed by atoms with van der Waals surface area (Å²) in [4.78, 5) is 26.9. The van der Waals surface area contributed by atoms with Crippen molar-refractivity contribution in [1.82, 2.24) is 9.80 Å². The van der Waals surface area contributed by atoms with Crippen LogP contribution >= 0.6 is 0 Å². The molecule has 1 fully saturated rings. The fraction of sp³-hybridized carbons (Fsp3) is 0.571. The van der Waals surface area contributed by atoms with E-state index < -0.39 is 17.9 Å². The number of amides is 2. The molecular formula is C14H22N2O4. The third-order valence-corrected chi connectivity index (χ3v) is 3.32. The third kappa shape index (κ3) is 3.60. The number of carboxylic acid groups (broad SMARTS) is 1. The molecule has 1 heterocycles. The SMILES string of the molecule is C=CCN(CC=C)C(=O)N(CC)C1COCC1C(=O)O. The fourth-order valence-corrected chi connectivity index (χ4v) is 2.32. The number of hydrogen-bond donors (Lipinski definition) is 1. The molecule has 0 bridgehead atoms. The molecule has 6 heteroatoms. The number of carbonyl (C=O) groups excluding carboxylic acids is 1. The largest absolute Gasteiger partial charge is 0.481 e. The summed E-state index contributed by atoms with van der Waals surface area (Å²) in [5, 5.41) is 9.19. The second kappa shape index (κ2) is 7.69. The fourth-order valence-electron chi connectivity index (χ4n) is 2.32. The molecule has 1 aliphatic heterocycles. The molecule has 1 aliphatic rings. The number of ether oxygens (including phenoxy) is 1. The minimum atomic E-state index is -0.933. The highest BCUT2D eigenvalue weighted by atomic mass is 16.5. The summed E-state index contributed by atoms with van der Waals surface area (Å²) in [6.45, 7) is 10.7. The summed E-state index contributed by atoms with van der Waals surface area (Å²) in [6.07, 6.45) is 3.27. The Morgan fingerprint density at radius 3 is 2.35 bits per heavy atom. The van der Waals surface area contributed by atoms with Crippen molar-refractivity contribution in [1.29, 1.82) is 0 Å². The Morgan fingerprint density at radius 2 is 1.90 bits per heavy atom. The van der Waals surface area contributed by atoms with E-state index >= 15 is 0 Å². The molecule has 0 aromatic rings. The number of carbonyl (C=O) groups is 2. The molecule has 0 aromatic heterocycles. The number of urea groups is 1. The topological polar surface area (TPSA) is 70.1 Å². The standard InChI is InChI=1S/C14H22N2O4/c1-4-7-15(8-5-2)14(19)16(6-3)12-10-20-9-11(12)13(17)18/h4-5,11-12H,1-2,6-10H2,3H3,(H,17,18). The minimum Gasteiger partial charge on any atom is -0.481 e. The van der Waals surface area contributed by atoms with Crippen molar-refractivity contribution in [2.24, 2.45) is 5.92 Å². The van der Waals surface area contributed by atoms with Crippen LogP contribution in [0.4, 0.5) is 4.79 Å². The smallest absolute Gasteiger partial charge is 0.320 e. The number of aliphatic carboxylic acids is 1. The predicted molar refractivity (Wildman–Crippen MR) is 75.5 cm³/mol. The molecule has 20 heavy (non-hydrogen) atoms. The maximum absolute atomic E-state index is 12.5. The van der Waals surface area contributed by atoms with Crippen molar-refractivity contribution < 1.29 is 19.4 Å². The van der Waals surface area contributed by atoms with Gasteiger partial charge in [0.25, 0.3) is 0 Å². The first-order valence-electron chi connectivity index (χ1n) is 6.64. The van der Waals surface area contributed by atoms with Gasteiger partial charge in [0.2, 0.25) is 0 Å². The zero-order chi connectivity index (χ0) is 15.1. The molecule has 0 aromatic carbocycles. The Bertz CT molecular complexity index is 373. The molecule has 6 nitrogen and oxygen atoms in total. The average Bonchev–Trinajstić information content (AvgIpc) is 2.88. The molecule has 0 saturated carbocycles. The van der Waals surface area contributed by atoms with Gasteiger partial charge in [-0.25, -0.2) is 4.79 Å². The summed E-state index contributed by atoms with van der Waals surface area (Å²) >= 11 is 0. The van der Waals surface area contributed by atoms with E-state index in [0.29, 0.717) is 19.6 Å². The van der Waals surface area contributed by atoms with E-state index in [2.05, 4.69) is 13.2 Å². The van der Waals surface area contributed by atoms with E-state index in [4.69, 9.17) is 4.74 Å². The second-order valence-electron chi connectivity index (χ2n) is 4.60. The van der Waals surface area contributed by atoms with Crippen LogP contribution in [0.15, 0.2) is 25.3 Å². The lowest BCUT2D eigenvalue weighted by Crippen LogP contribution is -2.52. The molecule has 112 valence electrons. The summed E-state index contributed by atoms with van der Waals surface area (Å²) < 4.78 is 5.23. The number of nitrogens with zero attached hydrogens (tertiary/aromatic N) is 2. The van der Waals surface area contributed by atoms with Crippen molar-refractivity contribution >= 4 is 12.0 Å². The third-order valence-electron chi connectivity index (χ3n) is 3.32. The van der Waals surface area contributed by atoms with E-state index in [0.717, 1.165) is 0 Å². The highest BCUT2D eigenvalue weighted by Gasteiger charge is 2.40. The number of carboxylic acids is 1. The van der Waals surface area contributed by atoms with E-state index in [9.17, 15) is 14.7 Å². The molecule has 0 aliphatic carbocycles.